The van der Waals surface area contributed by atoms with Gasteiger partial charge in [0.1, 0.15) is 11.6 Å². The van der Waals surface area contributed by atoms with Crippen molar-refractivity contribution in [2.45, 2.75) is 6.54 Å². The fourth-order valence-corrected chi connectivity index (χ4v) is 3.60. The van der Waals surface area contributed by atoms with Crippen molar-refractivity contribution < 1.29 is 13.9 Å². The minimum Gasteiger partial charge on any atom is -0.497 e. The first-order valence-corrected chi connectivity index (χ1v) is 9.41. The van der Waals surface area contributed by atoms with E-state index in [1.165, 1.54) is 7.11 Å². The summed E-state index contributed by atoms with van der Waals surface area (Å²) in [6.45, 7) is 4.35. The molecular formula is C22H24FN3O2. The first-order valence-electron chi connectivity index (χ1n) is 9.41. The van der Waals surface area contributed by atoms with Gasteiger partial charge >= 0.3 is 0 Å². The van der Waals surface area contributed by atoms with E-state index >= 15 is 0 Å². The zero-order chi connectivity index (χ0) is 19.5. The van der Waals surface area contributed by atoms with Gasteiger partial charge in [0.15, 0.2) is 11.6 Å². The molecule has 0 N–H and O–H groups in total. The second-order valence-corrected chi connectivity index (χ2v) is 6.96. The lowest BCUT2D eigenvalue weighted by atomic mass is 10.1. The van der Waals surface area contributed by atoms with Crippen LogP contribution in [0.1, 0.15) is 5.56 Å². The zero-order valence-corrected chi connectivity index (χ0v) is 16.2. The third-order valence-corrected chi connectivity index (χ3v) is 5.20. The standard InChI is InChI=1S/C22H24FN3O2/c1-27-18-5-6-20-17(14-18)4-8-22(24-20)26-11-9-25(10-12-26)15-16-3-7-21(28-2)19(23)13-16/h3-8,13-14H,9-12,15H2,1-2H3. The quantitative estimate of drug-likeness (QED) is 0.674. The number of hydrogen-bond acceptors (Lipinski definition) is 5. The Morgan fingerprint density at radius 2 is 1.75 bits per heavy atom. The first-order chi connectivity index (χ1) is 13.7. The van der Waals surface area contributed by atoms with Gasteiger partial charge in [-0.15, -0.1) is 0 Å². The smallest absolute Gasteiger partial charge is 0.165 e. The van der Waals surface area contributed by atoms with Gasteiger partial charge in [0, 0.05) is 38.1 Å². The summed E-state index contributed by atoms with van der Waals surface area (Å²) in [6, 6.07) is 15.3. The average molecular weight is 381 g/mol. The maximum absolute atomic E-state index is 13.9. The van der Waals surface area contributed by atoms with E-state index in [1.54, 1.807) is 19.2 Å². The molecule has 0 spiro atoms. The second kappa shape index (κ2) is 8.02. The van der Waals surface area contributed by atoms with Gasteiger partial charge < -0.3 is 14.4 Å². The SMILES string of the molecule is COc1ccc2nc(N3CCN(Cc4ccc(OC)c(F)c4)CC3)ccc2c1. The van der Waals surface area contributed by atoms with Gasteiger partial charge in [-0.05, 0) is 48.0 Å². The zero-order valence-electron chi connectivity index (χ0n) is 16.2. The van der Waals surface area contributed by atoms with Crippen LogP contribution in [0.25, 0.3) is 10.9 Å². The molecule has 4 rings (SSSR count). The summed E-state index contributed by atoms with van der Waals surface area (Å²) in [4.78, 5) is 9.44. The highest BCUT2D eigenvalue weighted by Gasteiger charge is 2.19. The average Bonchev–Trinajstić information content (AvgIpc) is 2.73. The third-order valence-electron chi connectivity index (χ3n) is 5.20. The molecule has 0 amide bonds. The topological polar surface area (TPSA) is 37.8 Å². The van der Waals surface area contributed by atoms with Crippen LogP contribution in [-0.4, -0.2) is 50.3 Å². The summed E-state index contributed by atoms with van der Waals surface area (Å²) in [5.41, 5.74) is 1.93. The number of hydrogen-bond donors (Lipinski definition) is 0. The van der Waals surface area contributed by atoms with Crippen molar-refractivity contribution in [1.29, 1.82) is 0 Å². The Morgan fingerprint density at radius 1 is 0.929 bits per heavy atom. The number of fused-ring (bicyclic) bond motifs is 1. The molecule has 1 aromatic heterocycles. The number of halogens is 1. The number of pyridine rings is 1. The number of ether oxygens (including phenoxy) is 2. The van der Waals surface area contributed by atoms with E-state index in [2.05, 4.69) is 21.9 Å². The second-order valence-electron chi connectivity index (χ2n) is 6.96. The number of methoxy groups -OCH3 is 2. The predicted molar refractivity (Wildman–Crippen MR) is 109 cm³/mol. The highest BCUT2D eigenvalue weighted by Crippen LogP contribution is 2.24. The van der Waals surface area contributed by atoms with Gasteiger partial charge in [0.2, 0.25) is 0 Å². The highest BCUT2D eigenvalue weighted by atomic mass is 19.1. The minimum atomic E-state index is -0.310. The van der Waals surface area contributed by atoms with Crippen molar-refractivity contribution in [3.63, 3.8) is 0 Å². The van der Waals surface area contributed by atoms with Gasteiger partial charge in [-0.2, -0.15) is 0 Å². The molecule has 1 aliphatic rings. The Labute approximate surface area is 164 Å². The van der Waals surface area contributed by atoms with Crippen LogP contribution in [0.3, 0.4) is 0 Å². The van der Waals surface area contributed by atoms with E-state index < -0.39 is 0 Å². The first kappa shape index (κ1) is 18.5. The van der Waals surface area contributed by atoms with E-state index in [9.17, 15) is 4.39 Å². The molecule has 2 heterocycles. The summed E-state index contributed by atoms with van der Waals surface area (Å²) in [7, 11) is 3.15. The molecular weight excluding hydrogens is 357 g/mol. The van der Waals surface area contributed by atoms with Crippen molar-refractivity contribution in [1.82, 2.24) is 9.88 Å². The molecule has 28 heavy (non-hydrogen) atoms. The lowest BCUT2D eigenvalue weighted by Gasteiger charge is -2.35. The van der Waals surface area contributed by atoms with Gasteiger partial charge in [0.25, 0.3) is 0 Å². The van der Waals surface area contributed by atoms with Crippen molar-refractivity contribution in [2.75, 3.05) is 45.3 Å². The Bertz CT molecular complexity index is 971. The third kappa shape index (κ3) is 3.87. The van der Waals surface area contributed by atoms with Gasteiger partial charge in [-0.25, -0.2) is 9.37 Å². The Kier molecular flexibility index (Phi) is 5.30. The molecule has 1 saturated heterocycles. The van der Waals surface area contributed by atoms with Gasteiger partial charge in [0.05, 0.1) is 19.7 Å². The molecule has 2 aromatic carbocycles. The summed E-state index contributed by atoms with van der Waals surface area (Å²) < 4.78 is 24.2. The maximum atomic E-state index is 13.9. The van der Waals surface area contributed by atoms with Crippen molar-refractivity contribution in [2.24, 2.45) is 0 Å². The molecule has 6 heteroatoms. The summed E-state index contributed by atoms with van der Waals surface area (Å²) in [5.74, 6) is 1.81. The molecule has 5 nitrogen and oxygen atoms in total. The van der Waals surface area contributed by atoms with Crippen LogP contribution < -0.4 is 14.4 Å². The van der Waals surface area contributed by atoms with Crippen LogP contribution in [0.5, 0.6) is 11.5 Å². The molecule has 0 radical (unpaired) electrons. The van der Waals surface area contributed by atoms with Crippen molar-refractivity contribution >= 4 is 16.7 Å². The monoisotopic (exact) mass is 381 g/mol. The van der Waals surface area contributed by atoms with Crippen LogP contribution in [0.15, 0.2) is 48.5 Å². The predicted octanol–water partition coefficient (Wildman–Crippen LogP) is 3.71. The van der Waals surface area contributed by atoms with E-state index in [1.807, 2.05) is 24.3 Å². The highest BCUT2D eigenvalue weighted by molar-refractivity contribution is 5.81. The summed E-state index contributed by atoms with van der Waals surface area (Å²) >= 11 is 0. The minimum absolute atomic E-state index is 0.286. The van der Waals surface area contributed by atoms with E-state index in [0.29, 0.717) is 0 Å². The van der Waals surface area contributed by atoms with E-state index in [0.717, 1.165) is 60.8 Å². The summed E-state index contributed by atoms with van der Waals surface area (Å²) in [6.07, 6.45) is 0. The van der Waals surface area contributed by atoms with Crippen molar-refractivity contribution in [3.05, 3.63) is 59.9 Å². The molecule has 0 atom stereocenters. The molecule has 1 aliphatic heterocycles. The fraction of sp³-hybridized carbons (Fsp3) is 0.318. The molecule has 0 unspecified atom stereocenters. The molecule has 3 aromatic rings. The van der Waals surface area contributed by atoms with Crippen LogP contribution in [-0.2, 0) is 6.54 Å². The van der Waals surface area contributed by atoms with E-state index in [4.69, 9.17) is 14.5 Å². The largest absolute Gasteiger partial charge is 0.497 e. The Morgan fingerprint density at radius 3 is 2.46 bits per heavy atom. The molecule has 146 valence electrons. The molecule has 0 bridgehead atoms. The number of nitrogens with zero attached hydrogens (tertiary/aromatic N) is 3. The lowest BCUT2D eigenvalue weighted by Crippen LogP contribution is -2.46. The number of aromatic nitrogens is 1. The van der Waals surface area contributed by atoms with Crippen LogP contribution in [0.2, 0.25) is 0 Å². The van der Waals surface area contributed by atoms with Gasteiger partial charge in [-0.3, -0.25) is 4.90 Å². The Balaban J connectivity index is 1.39. The number of rotatable bonds is 5. The Hall–Kier alpha value is -2.86. The van der Waals surface area contributed by atoms with Crippen molar-refractivity contribution in [3.8, 4) is 11.5 Å². The summed E-state index contributed by atoms with van der Waals surface area (Å²) in [5, 5.41) is 1.07. The van der Waals surface area contributed by atoms with Crippen LogP contribution in [0, 0.1) is 5.82 Å². The number of benzene rings is 2. The molecule has 1 fully saturated rings. The lowest BCUT2D eigenvalue weighted by molar-refractivity contribution is 0.249. The molecule has 0 aliphatic carbocycles. The normalized spacial score (nSPS) is 15.0. The van der Waals surface area contributed by atoms with Crippen LogP contribution in [0.4, 0.5) is 10.2 Å². The van der Waals surface area contributed by atoms with Crippen LogP contribution >= 0.6 is 0 Å². The van der Waals surface area contributed by atoms with E-state index in [-0.39, 0.29) is 11.6 Å². The van der Waals surface area contributed by atoms with Gasteiger partial charge in [-0.1, -0.05) is 6.07 Å². The molecule has 0 saturated carbocycles. The maximum Gasteiger partial charge on any atom is 0.165 e. The number of piperazine rings is 1. The fourth-order valence-electron chi connectivity index (χ4n) is 3.60. The number of anilines is 1.